The lowest BCUT2D eigenvalue weighted by Gasteiger charge is -2.14. The van der Waals surface area contributed by atoms with E-state index < -0.39 is 5.82 Å². The van der Waals surface area contributed by atoms with Gasteiger partial charge in [-0.3, -0.25) is 4.79 Å². The molecule has 1 rings (SSSR count). The molecule has 5 heteroatoms. The van der Waals surface area contributed by atoms with Crippen LogP contribution in [0.5, 0.6) is 0 Å². The molecular weight excluding hydrogens is 233 g/mol. The van der Waals surface area contributed by atoms with Crippen molar-refractivity contribution in [1.82, 2.24) is 5.32 Å². The van der Waals surface area contributed by atoms with Crippen LogP contribution in [0.4, 0.5) is 10.1 Å². The first-order valence-corrected chi connectivity index (χ1v) is 5.77. The molecule has 4 nitrogen and oxygen atoms in total. The lowest BCUT2D eigenvalue weighted by atomic mass is 10.1. The molecule has 0 heterocycles. The monoisotopic (exact) mass is 249 g/mol. The SMILES string of the molecule is CCC(CNC)C(=O)Nc1cc(C#N)ccc1F. The smallest absolute Gasteiger partial charge is 0.228 e. The zero-order valence-electron chi connectivity index (χ0n) is 10.5. The Labute approximate surface area is 106 Å². The predicted octanol–water partition coefficient (Wildman–Crippen LogP) is 1.88. The molecule has 18 heavy (non-hydrogen) atoms. The van der Waals surface area contributed by atoms with Gasteiger partial charge in [-0.2, -0.15) is 5.26 Å². The number of rotatable bonds is 5. The van der Waals surface area contributed by atoms with Crippen LogP contribution in [0.1, 0.15) is 18.9 Å². The van der Waals surface area contributed by atoms with Crippen molar-refractivity contribution in [1.29, 1.82) is 5.26 Å². The van der Waals surface area contributed by atoms with Gasteiger partial charge in [0.1, 0.15) is 5.82 Å². The van der Waals surface area contributed by atoms with Crippen LogP contribution in [0.2, 0.25) is 0 Å². The Hall–Kier alpha value is -1.93. The third-order valence-corrected chi connectivity index (χ3v) is 2.67. The standard InChI is InChI=1S/C13H16FN3O/c1-3-10(8-16-2)13(18)17-12-6-9(7-15)4-5-11(12)14/h4-6,10,16H,3,8H2,1-2H3,(H,17,18). The highest BCUT2D eigenvalue weighted by Crippen LogP contribution is 2.17. The van der Waals surface area contributed by atoms with E-state index in [0.29, 0.717) is 18.5 Å². The fraction of sp³-hybridized carbons (Fsp3) is 0.385. The molecule has 0 saturated carbocycles. The van der Waals surface area contributed by atoms with Gasteiger partial charge in [-0.15, -0.1) is 0 Å². The Morgan fingerprint density at radius 1 is 1.56 bits per heavy atom. The van der Waals surface area contributed by atoms with Gasteiger partial charge in [-0.1, -0.05) is 6.92 Å². The summed E-state index contributed by atoms with van der Waals surface area (Å²) in [5.41, 5.74) is 0.363. The molecule has 1 aromatic carbocycles. The van der Waals surface area contributed by atoms with Crippen LogP contribution in [-0.4, -0.2) is 19.5 Å². The van der Waals surface area contributed by atoms with Crippen molar-refractivity contribution in [3.05, 3.63) is 29.6 Å². The van der Waals surface area contributed by atoms with Gasteiger partial charge >= 0.3 is 0 Å². The summed E-state index contributed by atoms with van der Waals surface area (Å²) in [6.45, 7) is 2.42. The van der Waals surface area contributed by atoms with Crippen molar-refractivity contribution in [2.24, 2.45) is 5.92 Å². The van der Waals surface area contributed by atoms with Crippen molar-refractivity contribution in [2.75, 3.05) is 18.9 Å². The number of carbonyl (C=O) groups is 1. The number of nitrogens with one attached hydrogen (secondary N) is 2. The summed E-state index contributed by atoms with van der Waals surface area (Å²) in [5.74, 6) is -1.01. The lowest BCUT2D eigenvalue weighted by molar-refractivity contribution is -0.119. The minimum Gasteiger partial charge on any atom is -0.323 e. The fourth-order valence-corrected chi connectivity index (χ4v) is 1.59. The molecular formula is C13H16FN3O. The number of nitriles is 1. The van der Waals surface area contributed by atoms with Gasteiger partial charge in [0.05, 0.1) is 23.2 Å². The van der Waals surface area contributed by atoms with E-state index in [2.05, 4.69) is 10.6 Å². The molecule has 96 valence electrons. The largest absolute Gasteiger partial charge is 0.323 e. The molecule has 0 saturated heterocycles. The van der Waals surface area contributed by atoms with E-state index in [1.54, 1.807) is 7.05 Å². The highest BCUT2D eigenvalue weighted by Gasteiger charge is 2.17. The van der Waals surface area contributed by atoms with Crippen LogP contribution in [0.3, 0.4) is 0 Å². The van der Waals surface area contributed by atoms with E-state index in [1.165, 1.54) is 18.2 Å². The van der Waals surface area contributed by atoms with Crippen molar-refractivity contribution >= 4 is 11.6 Å². The normalized spacial score (nSPS) is 11.7. The minimum atomic E-state index is -0.540. The number of amides is 1. The molecule has 0 fully saturated rings. The molecule has 1 amide bonds. The summed E-state index contributed by atoms with van der Waals surface area (Å²) in [7, 11) is 1.76. The highest BCUT2D eigenvalue weighted by molar-refractivity contribution is 5.93. The van der Waals surface area contributed by atoms with Crippen LogP contribution in [-0.2, 0) is 4.79 Å². The molecule has 0 spiro atoms. The number of nitrogens with zero attached hydrogens (tertiary/aromatic N) is 1. The zero-order valence-corrected chi connectivity index (χ0v) is 10.5. The quantitative estimate of drug-likeness (QED) is 0.837. The first-order chi connectivity index (χ1) is 8.62. The number of hydrogen-bond acceptors (Lipinski definition) is 3. The van der Waals surface area contributed by atoms with Gasteiger partial charge in [0.25, 0.3) is 0 Å². The second-order valence-electron chi connectivity index (χ2n) is 3.96. The Bertz CT molecular complexity index is 468. The summed E-state index contributed by atoms with van der Waals surface area (Å²) in [5, 5.41) is 14.2. The topological polar surface area (TPSA) is 64.9 Å². The number of anilines is 1. The van der Waals surface area contributed by atoms with E-state index in [4.69, 9.17) is 5.26 Å². The van der Waals surface area contributed by atoms with E-state index in [1.807, 2.05) is 13.0 Å². The molecule has 0 radical (unpaired) electrons. The fourth-order valence-electron chi connectivity index (χ4n) is 1.59. The molecule has 1 aromatic rings. The first-order valence-electron chi connectivity index (χ1n) is 5.77. The Morgan fingerprint density at radius 2 is 2.28 bits per heavy atom. The summed E-state index contributed by atoms with van der Waals surface area (Å²) in [6.07, 6.45) is 0.659. The molecule has 1 atom stereocenters. The molecule has 0 aliphatic heterocycles. The molecule has 0 aliphatic rings. The van der Waals surface area contributed by atoms with Crippen molar-refractivity contribution in [2.45, 2.75) is 13.3 Å². The van der Waals surface area contributed by atoms with Crippen LogP contribution in [0.15, 0.2) is 18.2 Å². The average Bonchev–Trinajstić information content (AvgIpc) is 2.38. The Kier molecular flexibility index (Phi) is 5.28. The van der Waals surface area contributed by atoms with E-state index in [9.17, 15) is 9.18 Å². The van der Waals surface area contributed by atoms with Crippen LogP contribution >= 0.6 is 0 Å². The molecule has 1 unspecified atom stereocenters. The van der Waals surface area contributed by atoms with Crippen LogP contribution < -0.4 is 10.6 Å². The maximum absolute atomic E-state index is 13.5. The summed E-state index contributed by atoms with van der Waals surface area (Å²) in [4.78, 5) is 11.9. The first kappa shape index (κ1) is 14.1. The number of halogens is 1. The maximum Gasteiger partial charge on any atom is 0.228 e. The van der Waals surface area contributed by atoms with E-state index in [-0.39, 0.29) is 17.5 Å². The third-order valence-electron chi connectivity index (χ3n) is 2.67. The molecule has 0 bridgehead atoms. The third kappa shape index (κ3) is 3.54. The lowest BCUT2D eigenvalue weighted by Crippen LogP contribution is -2.30. The van der Waals surface area contributed by atoms with Gasteiger partial charge in [-0.25, -0.2) is 4.39 Å². The van der Waals surface area contributed by atoms with Crippen molar-refractivity contribution in [3.8, 4) is 6.07 Å². The average molecular weight is 249 g/mol. The number of hydrogen-bond donors (Lipinski definition) is 2. The summed E-state index contributed by atoms with van der Waals surface area (Å²) >= 11 is 0. The molecule has 0 aromatic heterocycles. The Morgan fingerprint density at radius 3 is 2.83 bits per heavy atom. The van der Waals surface area contributed by atoms with Gasteiger partial charge in [-0.05, 0) is 31.7 Å². The maximum atomic E-state index is 13.5. The van der Waals surface area contributed by atoms with Gasteiger partial charge in [0, 0.05) is 6.54 Å². The van der Waals surface area contributed by atoms with Crippen LogP contribution in [0.25, 0.3) is 0 Å². The van der Waals surface area contributed by atoms with Crippen molar-refractivity contribution in [3.63, 3.8) is 0 Å². The molecule has 0 aliphatic carbocycles. The van der Waals surface area contributed by atoms with Gasteiger partial charge in [0.15, 0.2) is 0 Å². The van der Waals surface area contributed by atoms with Crippen LogP contribution in [0, 0.1) is 23.1 Å². The van der Waals surface area contributed by atoms with E-state index in [0.717, 1.165) is 0 Å². The Balaban J connectivity index is 2.84. The number of carbonyl (C=O) groups excluding carboxylic acids is 1. The molecule has 2 N–H and O–H groups in total. The second-order valence-corrected chi connectivity index (χ2v) is 3.96. The van der Waals surface area contributed by atoms with E-state index >= 15 is 0 Å². The van der Waals surface area contributed by atoms with Gasteiger partial charge < -0.3 is 10.6 Å². The summed E-state index contributed by atoms with van der Waals surface area (Å²) in [6, 6.07) is 5.78. The number of benzene rings is 1. The summed E-state index contributed by atoms with van der Waals surface area (Å²) < 4.78 is 13.5. The predicted molar refractivity (Wildman–Crippen MR) is 67.5 cm³/mol. The van der Waals surface area contributed by atoms with Crippen molar-refractivity contribution < 1.29 is 9.18 Å². The zero-order chi connectivity index (χ0) is 13.5. The highest BCUT2D eigenvalue weighted by atomic mass is 19.1. The second kappa shape index (κ2) is 6.72. The van der Waals surface area contributed by atoms with Gasteiger partial charge in [0.2, 0.25) is 5.91 Å². The minimum absolute atomic E-state index is 0.0496.